The van der Waals surface area contributed by atoms with Crippen molar-refractivity contribution < 1.29 is 31.7 Å². The van der Waals surface area contributed by atoms with E-state index in [4.69, 9.17) is 15.1 Å². The quantitative estimate of drug-likeness (QED) is 0.289. The first-order chi connectivity index (χ1) is 11.3. The Balaban J connectivity index is 1.72. The molecule has 0 aromatic carbocycles. The Kier molecular flexibility index (Phi) is 4.42. The number of amides is 3. The third kappa shape index (κ3) is 3.19. The van der Waals surface area contributed by atoms with Gasteiger partial charge in [-0.25, -0.2) is 10.3 Å². The van der Waals surface area contributed by atoms with Crippen LogP contribution in [0.1, 0.15) is 25.7 Å². The fourth-order valence-electron chi connectivity index (χ4n) is 3.40. The van der Waals surface area contributed by atoms with Crippen molar-refractivity contribution in [1.82, 2.24) is 15.4 Å². The van der Waals surface area contributed by atoms with Crippen LogP contribution < -0.4 is 11.2 Å². The number of piperidine rings is 1. The third-order valence-electron chi connectivity index (χ3n) is 4.76. The number of fused-ring (bicyclic) bond motifs is 3. The molecular formula is C12H20N4O7S. The number of urea groups is 1. The first-order valence-electron chi connectivity index (χ1n) is 7.66. The van der Waals surface area contributed by atoms with Crippen molar-refractivity contribution in [2.75, 3.05) is 19.7 Å². The molecule has 136 valence electrons. The van der Waals surface area contributed by atoms with Crippen LogP contribution in [0.25, 0.3) is 0 Å². The molecule has 1 aliphatic carbocycles. The van der Waals surface area contributed by atoms with Gasteiger partial charge in [0, 0.05) is 6.54 Å². The Hall–Kier alpha value is -1.47. The summed E-state index contributed by atoms with van der Waals surface area (Å²) in [5.74, 6) is -0.473. The monoisotopic (exact) mass is 364 g/mol. The van der Waals surface area contributed by atoms with E-state index in [1.165, 1.54) is 4.90 Å². The topological polar surface area (TPSA) is 151 Å². The number of hydrogen-bond donors (Lipinski definition) is 3. The standard InChI is InChI=1S/C12H20N4O7S/c13-4-1-5-22-14-10(17)8-6-12(2-3-12)9-7-15(8)11(18)16(9)23-24(19,20)21/h8-9H,1-7,13H2,(H,14,17)(H,19,20,21). The van der Waals surface area contributed by atoms with E-state index in [2.05, 4.69) is 9.76 Å². The van der Waals surface area contributed by atoms with Crippen molar-refractivity contribution in [3.05, 3.63) is 0 Å². The van der Waals surface area contributed by atoms with Crippen LogP contribution >= 0.6 is 0 Å². The van der Waals surface area contributed by atoms with Crippen molar-refractivity contribution in [2.24, 2.45) is 11.1 Å². The second-order valence-electron chi connectivity index (χ2n) is 6.32. The van der Waals surface area contributed by atoms with E-state index in [-0.39, 0.29) is 18.6 Å². The highest BCUT2D eigenvalue weighted by atomic mass is 32.3. The van der Waals surface area contributed by atoms with Crippen LogP contribution in [0, 0.1) is 5.41 Å². The second kappa shape index (κ2) is 6.11. The van der Waals surface area contributed by atoms with Crippen LogP contribution in [-0.4, -0.2) is 66.7 Å². The summed E-state index contributed by atoms with van der Waals surface area (Å²) in [6.07, 6.45) is 2.47. The molecule has 1 spiro atoms. The zero-order chi connectivity index (χ0) is 17.5. The molecule has 2 heterocycles. The molecular weight excluding hydrogens is 344 g/mol. The van der Waals surface area contributed by atoms with Crippen molar-refractivity contribution in [3.63, 3.8) is 0 Å². The smallest absolute Gasteiger partial charge is 0.330 e. The predicted octanol–water partition coefficient (Wildman–Crippen LogP) is -1.22. The SMILES string of the molecule is NCCCONC(=O)C1CC2(CC2)C2CN1C(=O)N2OS(=O)(=O)O. The molecule has 3 aliphatic rings. The number of hydroxylamine groups is 3. The van der Waals surface area contributed by atoms with Gasteiger partial charge in [0.1, 0.15) is 6.04 Å². The molecule has 11 nitrogen and oxygen atoms in total. The predicted molar refractivity (Wildman–Crippen MR) is 78.2 cm³/mol. The van der Waals surface area contributed by atoms with Gasteiger partial charge in [0.25, 0.3) is 5.91 Å². The largest absolute Gasteiger partial charge is 0.418 e. The van der Waals surface area contributed by atoms with Crippen LogP contribution in [0.5, 0.6) is 0 Å². The molecule has 3 fully saturated rings. The minimum atomic E-state index is -4.82. The molecule has 2 aliphatic heterocycles. The lowest BCUT2D eigenvalue weighted by molar-refractivity contribution is -0.140. The van der Waals surface area contributed by atoms with Crippen LogP contribution in [0.4, 0.5) is 4.79 Å². The number of nitrogens with zero attached hydrogens (tertiary/aromatic N) is 2. The van der Waals surface area contributed by atoms with Gasteiger partial charge < -0.3 is 10.6 Å². The normalized spacial score (nSPS) is 27.7. The minimum absolute atomic E-state index is 0.162. The molecule has 0 aromatic heterocycles. The van der Waals surface area contributed by atoms with E-state index in [0.717, 1.165) is 12.8 Å². The number of rotatable bonds is 7. The maximum atomic E-state index is 12.4. The van der Waals surface area contributed by atoms with Crippen LogP contribution in [0.15, 0.2) is 0 Å². The van der Waals surface area contributed by atoms with E-state index in [1.807, 2.05) is 0 Å². The third-order valence-corrected chi connectivity index (χ3v) is 5.11. The number of nitrogens with two attached hydrogens (primary N) is 1. The Morgan fingerprint density at radius 3 is 2.75 bits per heavy atom. The van der Waals surface area contributed by atoms with Gasteiger partial charge in [-0.15, -0.1) is 4.28 Å². The first-order valence-corrected chi connectivity index (χ1v) is 9.02. The van der Waals surface area contributed by atoms with Gasteiger partial charge in [-0.2, -0.15) is 13.5 Å². The van der Waals surface area contributed by atoms with Crippen molar-refractivity contribution in [2.45, 2.75) is 37.8 Å². The Morgan fingerprint density at radius 2 is 2.17 bits per heavy atom. The molecule has 2 bridgehead atoms. The molecule has 12 heteroatoms. The Bertz CT molecular complexity index is 635. The number of nitrogens with one attached hydrogen (secondary N) is 1. The maximum Gasteiger partial charge on any atom is 0.418 e. The molecule has 2 atom stereocenters. The lowest BCUT2D eigenvalue weighted by Crippen LogP contribution is -2.52. The van der Waals surface area contributed by atoms with Gasteiger partial charge in [-0.1, -0.05) is 0 Å². The highest BCUT2D eigenvalue weighted by molar-refractivity contribution is 7.80. The maximum absolute atomic E-state index is 12.4. The molecule has 1 saturated carbocycles. The summed E-state index contributed by atoms with van der Waals surface area (Å²) in [5.41, 5.74) is 7.27. The van der Waals surface area contributed by atoms with Gasteiger partial charge in [0.2, 0.25) is 0 Å². The number of hydrogen-bond acceptors (Lipinski definition) is 7. The molecule has 0 aromatic rings. The van der Waals surface area contributed by atoms with E-state index in [9.17, 15) is 18.0 Å². The highest BCUT2D eigenvalue weighted by Gasteiger charge is 2.65. The summed E-state index contributed by atoms with van der Waals surface area (Å²) in [6.45, 7) is 0.848. The molecule has 3 rings (SSSR count). The molecule has 2 unspecified atom stereocenters. The van der Waals surface area contributed by atoms with Gasteiger partial charge in [-0.05, 0) is 37.6 Å². The molecule has 4 N–H and O–H groups in total. The zero-order valence-corrected chi connectivity index (χ0v) is 13.7. The molecule has 3 amide bonds. The zero-order valence-electron chi connectivity index (χ0n) is 12.9. The summed E-state index contributed by atoms with van der Waals surface area (Å²) in [7, 11) is -4.82. The second-order valence-corrected chi connectivity index (χ2v) is 7.32. The molecule has 2 saturated heterocycles. The van der Waals surface area contributed by atoms with Gasteiger partial charge in [-0.3, -0.25) is 14.2 Å². The number of carbonyl (C=O) groups is 2. The summed E-state index contributed by atoms with van der Waals surface area (Å²) in [4.78, 5) is 31.0. The van der Waals surface area contributed by atoms with Crippen molar-refractivity contribution >= 4 is 22.3 Å². The van der Waals surface area contributed by atoms with Crippen LogP contribution in [0.2, 0.25) is 0 Å². The minimum Gasteiger partial charge on any atom is -0.330 e. The first kappa shape index (κ1) is 17.4. The average Bonchev–Trinajstić information content (AvgIpc) is 3.22. The van der Waals surface area contributed by atoms with E-state index in [0.29, 0.717) is 24.4 Å². The van der Waals surface area contributed by atoms with E-state index < -0.39 is 34.4 Å². The van der Waals surface area contributed by atoms with E-state index >= 15 is 0 Å². The van der Waals surface area contributed by atoms with Crippen LogP contribution in [-0.2, 0) is 24.3 Å². The van der Waals surface area contributed by atoms with Gasteiger partial charge in [0.15, 0.2) is 0 Å². The Labute approximate surface area is 138 Å². The molecule has 0 radical (unpaired) electrons. The van der Waals surface area contributed by atoms with Crippen molar-refractivity contribution in [3.8, 4) is 0 Å². The lowest BCUT2D eigenvalue weighted by Gasteiger charge is -2.35. The van der Waals surface area contributed by atoms with E-state index in [1.54, 1.807) is 0 Å². The van der Waals surface area contributed by atoms with Crippen molar-refractivity contribution in [1.29, 1.82) is 0 Å². The summed E-state index contributed by atoms with van der Waals surface area (Å²) < 4.78 is 35.3. The summed E-state index contributed by atoms with van der Waals surface area (Å²) >= 11 is 0. The fraction of sp³-hybridized carbons (Fsp3) is 0.833. The van der Waals surface area contributed by atoms with Gasteiger partial charge >= 0.3 is 16.4 Å². The molecule has 24 heavy (non-hydrogen) atoms. The Morgan fingerprint density at radius 1 is 1.46 bits per heavy atom. The highest BCUT2D eigenvalue weighted by Crippen LogP contribution is 2.59. The number of carbonyl (C=O) groups excluding carboxylic acids is 2. The summed E-state index contributed by atoms with van der Waals surface area (Å²) in [6, 6.07) is -2.04. The fourth-order valence-corrected chi connectivity index (χ4v) is 3.77. The average molecular weight is 364 g/mol. The lowest BCUT2D eigenvalue weighted by atomic mass is 9.85. The van der Waals surface area contributed by atoms with Gasteiger partial charge in [0.05, 0.1) is 12.6 Å². The summed E-state index contributed by atoms with van der Waals surface area (Å²) in [5, 5.41) is 0.672. The van der Waals surface area contributed by atoms with Crippen LogP contribution in [0.3, 0.4) is 0 Å².